The van der Waals surface area contributed by atoms with Crippen molar-refractivity contribution < 1.29 is 8.42 Å². The van der Waals surface area contributed by atoms with E-state index in [0.717, 1.165) is 10.5 Å². The minimum atomic E-state index is -3.80. The summed E-state index contributed by atoms with van der Waals surface area (Å²) in [4.78, 5) is 1.68. The standard InChI is InChI=1S/C14H16N2O2S2/c1-9-6-7-11(10(2)8-9)19-12-4-3-5-13(14(12)15)20(16,17)18/h3-8H,15H2,1-2H3,(H2,16,17,18). The summed E-state index contributed by atoms with van der Waals surface area (Å²) in [5.74, 6) is 0. The molecule has 0 heterocycles. The van der Waals surface area contributed by atoms with Gasteiger partial charge in [0.1, 0.15) is 4.90 Å². The summed E-state index contributed by atoms with van der Waals surface area (Å²) < 4.78 is 22.9. The summed E-state index contributed by atoms with van der Waals surface area (Å²) in [5, 5.41) is 5.15. The van der Waals surface area contributed by atoms with Gasteiger partial charge < -0.3 is 5.73 Å². The number of sulfonamides is 1. The molecule has 2 aromatic carbocycles. The summed E-state index contributed by atoms with van der Waals surface area (Å²) in [7, 11) is -3.80. The molecule has 0 bridgehead atoms. The zero-order valence-corrected chi connectivity index (χ0v) is 12.9. The maximum Gasteiger partial charge on any atom is 0.240 e. The SMILES string of the molecule is Cc1ccc(Sc2cccc(S(N)(=O)=O)c2N)c(C)c1. The Kier molecular flexibility index (Phi) is 4.08. The fourth-order valence-corrected chi connectivity index (χ4v) is 3.60. The molecule has 0 aliphatic heterocycles. The number of primary sulfonamides is 1. The quantitative estimate of drug-likeness (QED) is 0.854. The highest BCUT2D eigenvalue weighted by atomic mass is 32.2. The summed E-state index contributed by atoms with van der Waals surface area (Å²) in [5.41, 5.74) is 8.41. The smallest absolute Gasteiger partial charge is 0.240 e. The number of nitrogen functional groups attached to an aromatic ring is 1. The number of rotatable bonds is 3. The molecule has 2 rings (SSSR count). The third kappa shape index (κ3) is 3.15. The van der Waals surface area contributed by atoms with E-state index in [0.29, 0.717) is 4.90 Å². The maximum absolute atomic E-state index is 11.5. The summed E-state index contributed by atoms with van der Waals surface area (Å²) in [6.07, 6.45) is 0. The predicted octanol–water partition coefficient (Wildman–Crippen LogP) is 2.68. The van der Waals surface area contributed by atoms with Crippen molar-refractivity contribution in [2.24, 2.45) is 5.14 Å². The zero-order chi connectivity index (χ0) is 14.9. The van der Waals surface area contributed by atoms with Crippen LogP contribution in [0.3, 0.4) is 0 Å². The van der Waals surface area contributed by atoms with E-state index in [2.05, 4.69) is 6.07 Å². The van der Waals surface area contributed by atoms with E-state index < -0.39 is 10.0 Å². The van der Waals surface area contributed by atoms with Crippen molar-refractivity contribution in [3.63, 3.8) is 0 Å². The van der Waals surface area contributed by atoms with Gasteiger partial charge in [-0.15, -0.1) is 0 Å². The predicted molar refractivity (Wildman–Crippen MR) is 82.3 cm³/mol. The molecule has 0 aliphatic rings. The fraction of sp³-hybridized carbons (Fsp3) is 0.143. The maximum atomic E-state index is 11.5. The normalized spacial score (nSPS) is 11.6. The van der Waals surface area contributed by atoms with E-state index in [-0.39, 0.29) is 10.6 Å². The third-order valence-corrected chi connectivity index (χ3v) is 5.11. The molecular weight excluding hydrogens is 292 g/mol. The Labute approximate surface area is 123 Å². The van der Waals surface area contributed by atoms with E-state index >= 15 is 0 Å². The van der Waals surface area contributed by atoms with Gasteiger partial charge in [0.2, 0.25) is 10.0 Å². The molecule has 6 heteroatoms. The topological polar surface area (TPSA) is 86.2 Å². The average molecular weight is 308 g/mol. The minimum absolute atomic E-state index is 0.0349. The van der Waals surface area contributed by atoms with Gasteiger partial charge in [0, 0.05) is 9.79 Å². The average Bonchev–Trinajstić information content (AvgIpc) is 2.33. The van der Waals surface area contributed by atoms with Gasteiger partial charge in [-0.3, -0.25) is 0 Å². The minimum Gasteiger partial charge on any atom is -0.397 e. The van der Waals surface area contributed by atoms with Crippen LogP contribution in [0, 0.1) is 13.8 Å². The van der Waals surface area contributed by atoms with Crippen molar-refractivity contribution in [2.75, 3.05) is 5.73 Å². The van der Waals surface area contributed by atoms with Crippen molar-refractivity contribution in [1.29, 1.82) is 0 Å². The van der Waals surface area contributed by atoms with Gasteiger partial charge in [-0.1, -0.05) is 35.5 Å². The van der Waals surface area contributed by atoms with Crippen LogP contribution in [0.25, 0.3) is 0 Å². The first-order valence-corrected chi connectivity index (χ1v) is 8.31. The van der Waals surface area contributed by atoms with Crippen LogP contribution in [-0.4, -0.2) is 8.42 Å². The Balaban J connectivity index is 2.45. The molecule has 0 fully saturated rings. The Morgan fingerprint density at radius 2 is 1.75 bits per heavy atom. The molecule has 0 saturated heterocycles. The molecule has 0 radical (unpaired) electrons. The lowest BCUT2D eigenvalue weighted by Crippen LogP contribution is -2.14. The van der Waals surface area contributed by atoms with Crippen LogP contribution in [0.4, 0.5) is 5.69 Å². The zero-order valence-electron chi connectivity index (χ0n) is 11.3. The summed E-state index contributed by atoms with van der Waals surface area (Å²) >= 11 is 1.43. The van der Waals surface area contributed by atoms with E-state index in [4.69, 9.17) is 10.9 Å². The number of para-hydroxylation sites is 1. The van der Waals surface area contributed by atoms with Crippen molar-refractivity contribution in [2.45, 2.75) is 28.5 Å². The van der Waals surface area contributed by atoms with Crippen LogP contribution in [-0.2, 0) is 10.0 Å². The first kappa shape index (κ1) is 14.9. The van der Waals surface area contributed by atoms with Gasteiger partial charge >= 0.3 is 0 Å². The first-order valence-electron chi connectivity index (χ1n) is 5.95. The molecule has 2 aromatic rings. The number of aryl methyl sites for hydroxylation is 2. The summed E-state index contributed by atoms with van der Waals surface area (Å²) in [6.45, 7) is 4.03. The van der Waals surface area contributed by atoms with Crippen molar-refractivity contribution in [3.8, 4) is 0 Å². The first-order chi connectivity index (χ1) is 9.29. The van der Waals surface area contributed by atoms with Gasteiger partial charge in [-0.05, 0) is 37.6 Å². The molecule has 0 aliphatic carbocycles. The number of hydrogen-bond acceptors (Lipinski definition) is 4. The van der Waals surface area contributed by atoms with Crippen LogP contribution < -0.4 is 10.9 Å². The Morgan fingerprint density at radius 3 is 2.35 bits per heavy atom. The highest BCUT2D eigenvalue weighted by molar-refractivity contribution is 7.99. The van der Waals surface area contributed by atoms with Gasteiger partial charge in [-0.25, -0.2) is 13.6 Å². The molecule has 106 valence electrons. The van der Waals surface area contributed by atoms with Crippen LogP contribution in [0.2, 0.25) is 0 Å². The van der Waals surface area contributed by atoms with Crippen LogP contribution >= 0.6 is 11.8 Å². The van der Waals surface area contributed by atoms with Gasteiger partial charge in [-0.2, -0.15) is 0 Å². The second-order valence-corrected chi connectivity index (χ2v) is 7.20. The van der Waals surface area contributed by atoms with Gasteiger partial charge in [0.25, 0.3) is 0 Å². The van der Waals surface area contributed by atoms with Gasteiger partial charge in [0.15, 0.2) is 0 Å². The monoisotopic (exact) mass is 308 g/mol. The van der Waals surface area contributed by atoms with Crippen molar-refractivity contribution in [1.82, 2.24) is 0 Å². The lowest BCUT2D eigenvalue weighted by Gasteiger charge is -2.11. The van der Waals surface area contributed by atoms with Gasteiger partial charge in [0.05, 0.1) is 5.69 Å². The number of benzene rings is 2. The molecule has 0 amide bonds. The molecule has 0 unspecified atom stereocenters. The molecule has 4 nitrogen and oxygen atoms in total. The van der Waals surface area contributed by atoms with E-state index in [1.165, 1.54) is 23.4 Å². The third-order valence-electron chi connectivity index (χ3n) is 2.88. The molecule has 0 aromatic heterocycles. The van der Waals surface area contributed by atoms with Crippen molar-refractivity contribution >= 4 is 27.5 Å². The van der Waals surface area contributed by atoms with E-state index in [1.54, 1.807) is 12.1 Å². The van der Waals surface area contributed by atoms with Crippen LogP contribution in [0.5, 0.6) is 0 Å². The second-order valence-electron chi connectivity index (χ2n) is 4.58. The Morgan fingerprint density at radius 1 is 1.05 bits per heavy atom. The number of nitrogens with two attached hydrogens (primary N) is 2. The number of anilines is 1. The van der Waals surface area contributed by atoms with Crippen molar-refractivity contribution in [3.05, 3.63) is 47.5 Å². The largest absolute Gasteiger partial charge is 0.397 e. The molecule has 0 atom stereocenters. The second kappa shape index (κ2) is 5.47. The molecule has 4 N–H and O–H groups in total. The lowest BCUT2D eigenvalue weighted by molar-refractivity contribution is 0.598. The fourth-order valence-electron chi connectivity index (χ4n) is 1.89. The highest BCUT2D eigenvalue weighted by Crippen LogP contribution is 2.36. The molecule has 20 heavy (non-hydrogen) atoms. The van der Waals surface area contributed by atoms with E-state index in [9.17, 15) is 8.42 Å². The Bertz CT molecular complexity index is 756. The van der Waals surface area contributed by atoms with Crippen LogP contribution in [0.15, 0.2) is 51.1 Å². The van der Waals surface area contributed by atoms with Crippen LogP contribution in [0.1, 0.15) is 11.1 Å². The molecule has 0 saturated carbocycles. The Hall–Kier alpha value is -1.50. The number of hydrogen-bond donors (Lipinski definition) is 2. The lowest BCUT2D eigenvalue weighted by atomic mass is 10.2. The van der Waals surface area contributed by atoms with E-state index in [1.807, 2.05) is 26.0 Å². The highest BCUT2D eigenvalue weighted by Gasteiger charge is 2.15. The summed E-state index contributed by atoms with van der Waals surface area (Å²) in [6, 6.07) is 10.9. The molecular formula is C14H16N2O2S2. The molecule has 0 spiro atoms.